The number of likely N-dealkylation sites (tertiary alicyclic amines) is 1. The fourth-order valence-corrected chi connectivity index (χ4v) is 4.02. The first-order valence-electron chi connectivity index (χ1n) is 9.84. The van der Waals surface area contributed by atoms with Gasteiger partial charge in [-0.1, -0.05) is 38.1 Å². The van der Waals surface area contributed by atoms with E-state index in [0.29, 0.717) is 30.2 Å². The van der Waals surface area contributed by atoms with Crippen molar-refractivity contribution in [1.82, 2.24) is 10.2 Å². The summed E-state index contributed by atoms with van der Waals surface area (Å²) in [5.74, 6) is 2.25. The van der Waals surface area contributed by atoms with Crippen LogP contribution >= 0.6 is 0 Å². The first-order chi connectivity index (χ1) is 12.5. The number of hydrogen-bond donors (Lipinski definition) is 2. The predicted molar refractivity (Wildman–Crippen MR) is 106 cm³/mol. The molecule has 142 valence electrons. The lowest BCUT2D eigenvalue weighted by Gasteiger charge is -2.34. The highest BCUT2D eigenvalue weighted by Crippen LogP contribution is 2.41. The second kappa shape index (κ2) is 8.11. The van der Waals surface area contributed by atoms with E-state index in [9.17, 15) is 4.79 Å². The highest BCUT2D eigenvalue weighted by Gasteiger charge is 2.40. The number of hydrogen-bond acceptors (Lipinski definition) is 2. The van der Waals surface area contributed by atoms with Crippen molar-refractivity contribution in [3.8, 4) is 0 Å². The Labute approximate surface area is 157 Å². The smallest absolute Gasteiger partial charge is 0.217 e. The Morgan fingerprint density at radius 1 is 1.35 bits per heavy atom. The number of nitrogens with zero attached hydrogens (tertiary/aromatic N) is 2. The summed E-state index contributed by atoms with van der Waals surface area (Å²) in [5, 5.41) is 3.63. The van der Waals surface area contributed by atoms with Gasteiger partial charge in [-0.2, -0.15) is 0 Å². The molecule has 26 heavy (non-hydrogen) atoms. The number of carbonyl (C=O) groups excluding carboxylic acids is 1. The second-order valence-corrected chi connectivity index (χ2v) is 8.09. The molecule has 3 N–H and O–H groups in total. The largest absolute Gasteiger partial charge is 0.370 e. The zero-order chi connectivity index (χ0) is 18.7. The molecule has 0 spiro atoms. The van der Waals surface area contributed by atoms with Crippen molar-refractivity contribution < 1.29 is 4.79 Å². The van der Waals surface area contributed by atoms with Crippen molar-refractivity contribution in [2.24, 2.45) is 16.6 Å². The van der Waals surface area contributed by atoms with E-state index in [1.807, 2.05) is 7.05 Å². The van der Waals surface area contributed by atoms with Crippen molar-refractivity contribution in [2.45, 2.75) is 57.4 Å². The Balaban J connectivity index is 1.55. The zero-order valence-corrected chi connectivity index (χ0v) is 16.2. The van der Waals surface area contributed by atoms with Gasteiger partial charge in [0.15, 0.2) is 5.96 Å². The van der Waals surface area contributed by atoms with Crippen LogP contribution in [0.5, 0.6) is 0 Å². The molecule has 3 unspecified atom stereocenters. The molecule has 1 saturated heterocycles. The molecular formula is C21H32N4O. The number of primary amides is 1. The lowest BCUT2D eigenvalue weighted by atomic mass is 9.95. The molecule has 1 amide bonds. The van der Waals surface area contributed by atoms with Gasteiger partial charge in [0.05, 0.1) is 0 Å². The standard InChI is InChI=1S/C21H32N4O/c1-14(2)16-6-8-17(9-7-16)18-12-19(18)24-21(23-3)25-10-4-5-15(13-25)11-20(22)26/h6-9,14-15,18-19H,4-5,10-13H2,1-3H3,(H2,22,26)(H,23,24). The maximum Gasteiger partial charge on any atom is 0.217 e. The molecule has 1 aromatic carbocycles. The number of nitrogens with two attached hydrogens (primary N) is 1. The van der Waals surface area contributed by atoms with Crippen LogP contribution in [-0.4, -0.2) is 42.9 Å². The van der Waals surface area contributed by atoms with Gasteiger partial charge in [0.25, 0.3) is 0 Å². The van der Waals surface area contributed by atoms with Crippen molar-refractivity contribution in [1.29, 1.82) is 0 Å². The van der Waals surface area contributed by atoms with E-state index in [4.69, 9.17) is 5.73 Å². The van der Waals surface area contributed by atoms with Crippen LogP contribution in [0, 0.1) is 5.92 Å². The summed E-state index contributed by atoms with van der Waals surface area (Å²) >= 11 is 0. The summed E-state index contributed by atoms with van der Waals surface area (Å²) in [5.41, 5.74) is 8.18. The molecule has 1 saturated carbocycles. The van der Waals surface area contributed by atoms with Gasteiger partial charge in [-0.15, -0.1) is 0 Å². The van der Waals surface area contributed by atoms with E-state index in [0.717, 1.165) is 38.3 Å². The normalized spacial score (nSPS) is 26.1. The Morgan fingerprint density at radius 2 is 2.08 bits per heavy atom. The van der Waals surface area contributed by atoms with Gasteiger partial charge in [0.1, 0.15) is 0 Å². The molecule has 0 aromatic heterocycles. The van der Waals surface area contributed by atoms with E-state index in [-0.39, 0.29) is 5.91 Å². The SMILES string of the molecule is CN=C(NC1CC1c1ccc(C(C)C)cc1)N1CCCC(CC(N)=O)C1. The van der Waals surface area contributed by atoms with Crippen molar-refractivity contribution in [2.75, 3.05) is 20.1 Å². The van der Waals surface area contributed by atoms with E-state index in [1.54, 1.807) is 0 Å². The van der Waals surface area contributed by atoms with Crippen LogP contribution in [0.1, 0.15) is 62.5 Å². The third kappa shape index (κ3) is 4.57. The summed E-state index contributed by atoms with van der Waals surface area (Å²) in [4.78, 5) is 18.0. The fourth-order valence-electron chi connectivity index (χ4n) is 4.02. The molecule has 5 nitrogen and oxygen atoms in total. The molecule has 1 aliphatic carbocycles. The Hall–Kier alpha value is -2.04. The average Bonchev–Trinajstić information content (AvgIpc) is 3.38. The Bertz CT molecular complexity index is 652. The summed E-state index contributed by atoms with van der Waals surface area (Å²) in [7, 11) is 1.84. The molecule has 5 heteroatoms. The molecular weight excluding hydrogens is 324 g/mol. The molecule has 3 atom stereocenters. The lowest BCUT2D eigenvalue weighted by molar-refractivity contribution is -0.119. The number of benzene rings is 1. The summed E-state index contributed by atoms with van der Waals surface area (Å²) in [6, 6.07) is 9.50. The van der Waals surface area contributed by atoms with Gasteiger partial charge < -0.3 is 16.0 Å². The summed E-state index contributed by atoms with van der Waals surface area (Å²) < 4.78 is 0. The van der Waals surface area contributed by atoms with E-state index in [1.165, 1.54) is 11.1 Å². The summed E-state index contributed by atoms with van der Waals surface area (Å²) in [6.07, 6.45) is 3.79. The topological polar surface area (TPSA) is 70.7 Å². The molecule has 1 aromatic rings. The van der Waals surface area contributed by atoms with Gasteiger partial charge in [-0.25, -0.2) is 0 Å². The van der Waals surface area contributed by atoms with Crippen LogP contribution in [0.15, 0.2) is 29.3 Å². The van der Waals surface area contributed by atoms with Crippen LogP contribution in [0.4, 0.5) is 0 Å². The van der Waals surface area contributed by atoms with Gasteiger partial charge in [-0.05, 0) is 42.2 Å². The second-order valence-electron chi connectivity index (χ2n) is 8.09. The van der Waals surface area contributed by atoms with E-state index in [2.05, 4.69) is 53.3 Å². The van der Waals surface area contributed by atoms with E-state index >= 15 is 0 Å². The van der Waals surface area contributed by atoms with Crippen LogP contribution in [0.2, 0.25) is 0 Å². The molecule has 2 fully saturated rings. The molecule has 1 heterocycles. The maximum absolute atomic E-state index is 11.2. The van der Waals surface area contributed by atoms with Crippen LogP contribution in [0.25, 0.3) is 0 Å². The van der Waals surface area contributed by atoms with Crippen LogP contribution in [0.3, 0.4) is 0 Å². The Morgan fingerprint density at radius 3 is 2.69 bits per heavy atom. The lowest BCUT2D eigenvalue weighted by Crippen LogP contribution is -2.48. The maximum atomic E-state index is 11.2. The van der Waals surface area contributed by atoms with Gasteiger partial charge in [0, 0.05) is 38.5 Å². The molecule has 0 bridgehead atoms. The minimum atomic E-state index is -0.202. The molecule has 1 aliphatic heterocycles. The highest BCUT2D eigenvalue weighted by atomic mass is 16.1. The number of guanidine groups is 1. The van der Waals surface area contributed by atoms with Gasteiger partial charge in [-0.3, -0.25) is 9.79 Å². The van der Waals surface area contributed by atoms with Crippen LogP contribution < -0.4 is 11.1 Å². The average molecular weight is 357 g/mol. The van der Waals surface area contributed by atoms with Gasteiger partial charge in [0.2, 0.25) is 5.91 Å². The minimum Gasteiger partial charge on any atom is -0.370 e. The van der Waals surface area contributed by atoms with Crippen LogP contribution in [-0.2, 0) is 4.79 Å². The molecule has 0 radical (unpaired) electrons. The highest BCUT2D eigenvalue weighted by molar-refractivity contribution is 5.81. The molecule has 2 aliphatic rings. The summed E-state index contributed by atoms with van der Waals surface area (Å²) in [6.45, 7) is 6.31. The molecule has 3 rings (SSSR count). The first kappa shape index (κ1) is 18.7. The predicted octanol–water partition coefficient (Wildman–Crippen LogP) is 2.83. The number of carbonyl (C=O) groups is 1. The number of nitrogens with one attached hydrogen (secondary N) is 1. The number of rotatable bonds is 5. The third-order valence-corrected chi connectivity index (χ3v) is 5.66. The van der Waals surface area contributed by atoms with Crippen molar-refractivity contribution in [3.63, 3.8) is 0 Å². The number of piperidine rings is 1. The monoisotopic (exact) mass is 356 g/mol. The number of amides is 1. The third-order valence-electron chi connectivity index (χ3n) is 5.66. The Kier molecular flexibility index (Phi) is 5.84. The fraction of sp³-hybridized carbons (Fsp3) is 0.619. The zero-order valence-electron chi connectivity index (χ0n) is 16.2. The quantitative estimate of drug-likeness (QED) is 0.629. The number of aliphatic imine (C=N–C) groups is 1. The minimum absolute atomic E-state index is 0.202. The van der Waals surface area contributed by atoms with Gasteiger partial charge >= 0.3 is 0 Å². The van der Waals surface area contributed by atoms with E-state index < -0.39 is 0 Å². The van der Waals surface area contributed by atoms with Crippen molar-refractivity contribution in [3.05, 3.63) is 35.4 Å². The van der Waals surface area contributed by atoms with Crippen molar-refractivity contribution >= 4 is 11.9 Å². The first-order valence-corrected chi connectivity index (χ1v) is 9.84.